The third kappa shape index (κ3) is 6.41. The molecule has 0 aromatic carbocycles. The van der Waals surface area contributed by atoms with Gasteiger partial charge < -0.3 is 0 Å². The van der Waals surface area contributed by atoms with E-state index >= 15 is 0 Å². The Bertz CT molecular complexity index is 101. The SMILES string of the molecule is CC(C)=C[C](=O)[Na]. The van der Waals surface area contributed by atoms with Gasteiger partial charge in [0.2, 0.25) is 0 Å². The molecule has 0 radical (unpaired) electrons. The van der Waals surface area contributed by atoms with Gasteiger partial charge in [-0.2, -0.15) is 0 Å². The zero-order valence-corrected chi connectivity index (χ0v) is 6.99. The van der Waals surface area contributed by atoms with Gasteiger partial charge in [0.25, 0.3) is 0 Å². The maximum absolute atomic E-state index is 10.2. The number of rotatable bonds is 1. The molecule has 0 heterocycles. The number of hydrogen-bond acceptors (Lipinski definition) is 1. The summed E-state index contributed by atoms with van der Waals surface area (Å²) >= 11 is 0.652. The molecule has 0 aliphatic carbocycles. The second-order valence-electron chi connectivity index (χ2n) is 1.83. The molecule has 0 saturated heterocycles. The molecule has 0 bridgehead atoms. The zero-order valence-electron chi connectivity index (χ0n) is 4.99. The zero-order chi connectivity index (χ0) is 5.86. The fourth-order valence-corrected chi connectivity index (χ4v) is 0.984. The van der Waals surface area contributed by atoms with Crippen LogP contribution in [0.5, 0.6) is 0 Å². The molecule has 0 fully saturated rings. The summed E-state index contributed by atoms with van der Waals surface area (Å²) in [5.41, 5.74) is 1.10. The molecule has 2 heteroatoms. The predicted molar refractivity (Wildman–Crippen MR) is 30.2 cm³/mol. The van der Waals surface area contributed by atoms with Gasteiger partial charge in [-0.15, -0.1) is 0 Å². The monoisotopic (exact) mass is 106 g/mol. The first-order valence-electron chi connectivity index (χ1n) is 2.28. The standard InChI is InChI=1S/C5H7O.Na/c1-5(2)3-4-6;/h3H,1-2H3;. The first kappa shape index (κ1) is 7.41. The molecule has 0 saturated carbocycles. The maximum atomic E-state index is 10.2. The summed E-state index contributed by atoms with van der Waals surface area (Å²) in [4.78, 5) is 10.2. The summed E-state index contributed by atoms with van der Waals surface area (Å²) in [5, 5.41) is 0. The first-order valence-corrected chi connectivity index (χ1v) is 3.28. The van der Waals surface area contributed by atoms with Gasteiger partial charge in [0.15, 0.2) is 0 Å². The Balaban J connectivity index is 3.68. The summed E-state index contributed by atoms with van der Waals surface area (Å²) in [5.74, 6) is 0. The molecular weight excluding hydrogens is 99.0 g/mol. The summed E-state index contributed by atoms with van der Waals surface area (Å²) in [6.45, 7) is 3.85. The van der Waals surface area contributed by atoms with E-state index in [1.54, 1.807) is 6.08 Å². The van der Waals surface area contributed by atoms with Crippen LogP contribution in [0.4, 0.5) is 0 Å². The van der Waals surface area contributed by atoms with Gasteiger partial charge in [0.05, 0.1) is 0 Å². The topological polar surface area (TPSA) is 17.1 Å². The van der Waals surface area contributed by atoms with Crippen LogP contribution in [-0.2, 0) is 4.79 Å². The molecule has 0 N–H and O–H groups in total. The van der Waals surface area contributed by atoms with Crippen molar-refractivity contribution in [2.75, 3.05) is 0 Å². The van der Waals surface area contributed by atoms with Gasteiger partial charge in [0.1, 0.15) is 0 Å². The van der Waals surface area contributed by atoms with Crippen molar-refractivity contribution in [2.24, 2.45) is 0 Å². The average molecular weight is 106 g/mol. The van der Waals surface area contributed by atoms with Gasteiger partial charge in [-0.05, 0) is 0 Å². The van der Waals surface area contributed by atoms with Crippen molar-refractivity contribution in [3.63, 3.8) is 0 Å². The molecule has 7 heavy (non-hydrogen) atoms. The van der Waals surface area contributed by atoms with Gasteiger partial charge in [-0.1, -0.05) is 0 Å². The van der Waals surface area contributed by atoms with Crippen molar-refractivity contribution in [1.82, 2.24) is 0 Å². The normalized spacial score (nSPS) is 8.00. The van der Waals surface area contributed by atoms with E-state index in [2.05, 4.69) is 0 Å². The number of carbonyl (C=O) groups is 1. The van der Waals surface area contributed by atoms with Crippen molar-refractivity contribution in [1.29, 1.82) is 0 Å². The average Bonchev–Trinajstić information content (AvgIpc) is 1.27. The fourth-order valence-electron chi connectivity index (χ4n) is 0.407. The number of allylic oxidation sites excluding steroid dienone is 2. The quantitative estimate of drug-likeness (QED) is 0.354. The second kappa shape index (κ2) is 3.42. The van der Waals surface area contributed by atoms with Crippen LogP contribution in [0, 0.1) is 0 Å². The first-order chi connectivity index (χ1) is 3.13. The third-order valence-corrected chi connectivity index (χ3v) is 0.781. The number of carbonyl (C=O) groups excluding carboxylic acids is 1. The molecule has 0 aromatic heterocycles. The van der Waals surface area contributed by atoms with E-state index in [0.29, 0.717) is 27.9 Å². The number of hydrogen-bond donors (Lipinski definition) is 0. The molecule has 0 aromatic rings. The third-order valence-electron chi connectivity index (χ3n) is 0.492. The molecule has 1 nitrogen and oxygen atoms in total. The molecule has 0 rings (SSSR count). The van der Waals surface area contributed by atoms with Crippen LogP contribution in [0.2, 0.25) is 0 Å². The Morgan fingerprint density at radius 1 is 1.57 bits per heavy atom. The van der Waals surface area contributed by atoms with Gasteiger partial charge in [0, 0.05) is 0 Å². The summed E-state index contributed by atoms with van der Waals surface area (Å²) in [7, 11) is 0. The molecule has 0 aliphatic rings. The van der Waals surface area contributed by atoms with Crippen molar-refractivity contribution in [3.8, 4) is 0 Å². The Labute approximate surface area is 61.2 Å². The Morgan fingerprint density at radius 3 is 2.00 bits per heavy atom. The molecule has 0 atom stereocenters. The van der Waals surface area contributed by atoms with Crippen molar-refractivity contribution in [3.05, 3.63) is 11.6 Å². The van der Waals surface area contributed by atoms with Gasteiger partial charge >= 0.3 is 61.3 Å². The Hall–Kier alpha value is 0.410. The van der Waals surface area contributed by atoms with E-state index in [9.17, 15) is 4.79 Å². The van der Waals surface area contributed by atoms with Gasteiger partial charge in [-0.25, -0.2) is 0 Å². The van der Waals surface area contributed by atoms with Crippen LogP contribution in [-0.4, -0.2) is 31.0 Å². The van der Waals surface area contributed by atoms with E-state index in [0.717, 1.165) is 5.57 Å². The van der Waals surface area contributed by atoms with E-state index in [-0.39, 0.29) is 3.03 Å². The Kier molecular flexibility index (Phi) is 3.62. The van der Waals surface area contributed by atoms with Crippen LogP contribution in [0.1, 0.15) is 13.8 Å². The van der Waals surface area contributed by atoms with Crippen LogP contribution in [0.15, 0.2) is 11.6 Å². The van der Waals surface area contributed by atoms with Crippen LogP contribution < -0.4 is 0 Å². The molecule has 34 valence electrons. The predicted octanol–water partition coefficient (Wildman–Crippen LogP) is 0.648. The molecule has 0 aliphatic heterocycles. The minimum atomic E-state index is 0.264. The van der Waals surface area contributed by atoms with Crippen molar-refractivity contribution >= 4 is 31.0 Å². The van der Waals surface area contributed by atoms with Crippen molar-refractivity contribution in [2.45, 2.75) is 13.8 Å². The summed E-state index contributed by atoms with van der Waals surface area (Å²) < 4.78 is 0.264. The van der Waals surface area contributed by atoms with Crippen LogP contribution >= 0.6 is 0 Å². The van der Waals surface area contributed by atoms with E-state index < -0.39 is 0 Å². The van der Waals surface area contributed by atoms with E-state index in [1.807, 2.05) is 13.8 Å². The molecule has 0 amide bonds. The second-order valence-corrected chi connectivity index (χ2v) is 2.82. The van der Waals surface area contributed by atoms with E-state index in [4.69, 9.17) is 0 Å². The van der Waals surface area contributed by atoms with Gasteiger partial charge in [-0.3, -0.25) is 0 Å². The molecule has 0 spiro atoms. The Morgan fingerprint density at radius 2 is 2.00 bits per heavy atom. The molecular formula is C5H7NaO. The molecule has 0 unspecified atom stereocenters. The van der Waals surface area contributed by atoms with Crippen molar-refractivity contribution < 1.29 is 4.79 Å². The van der Waals surface area contributed by atoms with Crippen LogP contribution in [0.3, 0.4) is 0 Å². The minimum absolute atomic E-state index is 0.264. The van der Waals surface area contributed by atoms with Crippen LogP contribution in [0.25, 0.3) is 0 Å². The summed E-state index contributed by atoms with van der Waals surface area (Å²) in [6, 6.07) is 0. The van der Waals surface area contributed by atoms with E-state index in [1.165, 1.54) is 0 Å². The summed E-state index contributed by atoms with van der Waals surface area (Å²) in [6.07, 6.45) is 1.67. The fraction of sp³-hybridized carbons (Fsp3) is 0.400.